The fourth-order valence-electron chi connectivity index (χ4n) is 10.7. The molecule has 3 unspecified atom stereocenters. The smallest absolute Gasteiger partial charge is 0.221 e. The molecule has 3 aliphatic rings. The Morgan fingerprint density at radius 1 is 0.412 bits per heavy atom. The van der Waals surface area contributed by atoms with Gasteiger partial charge in [0.25, 0.3) is 0 Å². The van der Waals surface area contributed by atoms with Crippen LogP contribution in [-0.2, 0) is 0 Å². The normalized spacial score (nSPS) is 16.9. The molecule has 3 heterocycles. The lowest BCUT2D eigenvalue weighted by Crippen LogP contribution is -2.45. The third-order valence-electron chi connectivity index (χ3n) is 13.8. The second-order valence-electron chi connectivity index (χ2n) is 17.7. The van der Waals surface area contributed by atoms with Crippen molar-refractivity contribution in [2.24, 2.45) is 9.98 Å². The molecule has 5 nitrogen and oxygen atoms in total. The van der Waals surface area contributed by atoms with Crippen molar-refractivity contribution < 1.29 is 0 Å². The highest BCUT2D eigenvalue weighted by Crippen LogP contribution is 2.57. The Balaban J connectivity index is 1.00. The van der Waals surface area contributed by atoms with Gasteiger partial charge in [-0.25, -0.2) is 9.98 Å². The topological polar surface area (TPSA) is 44.9 Å². The highest BCUT2D eigenvalue weighted by atomic mass is 15.4. The second-order valence-corrected chi connectivity index (χ2v) is 17.7. The van der Waals surface area contributed by atoms with Crippen LogP contribution in [0.5, 0.6) is 0 Å². The standard InChI is InChI=1S/C63H45N5/c1-5-19-42(20-6-1)48-27-17-28-49(41-48)43-35-37-47(38-36-43)62-64-61(46-25-11-4-12-26-46)65-63(66-62)68-57-34-16-14-30-53(57)55-40-39-54-52-29-13-15-33-56(52)67(59(54)60(55)68)58-50(44-21-7-2-8-22-44)31-18-32-51(58)45-23-9-3-10-24-45/h1-41,55,60,63H,(H,64,65,66). The van der Waals surface area contributed by atoms with Gasteiger partial charge in [0.05, 0.1) is 22.9 Å². The molecule has 0 fully saturated rings. The van der Waals surface area contributed by atoms with Gasteiger partial charge in [0.2, 0.25) is 6.29 Å². The summed E-state index contributed by atoms with van der Waals surface area (Å²) in [5.41, 5.74) is 18.6. The molecule has 5 heteroatoms. The number of rotatable bonds is 8. The zero-order valence-electron chi connectivity index (χ0n) is 37.2. The van der Waals surface area contributed by atoms with Crippen LogP contribution in [0.3, 0.4) is 0 Å². The fraction of sp³-hybridized carbons (Fsp3) is 0.0476. The van der Waals surface area contributed by atoms with Gasteiger partial charge in [-0.1, -0.05) is 231 Å². The maximum atomic E-state index is 5.63. The van der Waals surface area contributed by atoms with Gasteiger partial charge < -0.3 is 14.8 Å². The molecule has 3 atom stereocenters. The molecule has 2 aliphatic heterocycles. The highest BCUT2D eigenvalue weighted by molar-refractivity contribution is 6.16. The predicted molar refractivity (Wildman–Crippen MR) is 281 cm³/mol. The average molecular weight is 872 g/mol. The van der Waals surface area contributed by atoms with E-state index in [1.165, 1.54) is 61.2 Å². The summed E-state index contributed by atoms with van der Waals surface area (Å²) < 4.78 is 2.58. The summed E-state index contributed by atoms with van der Waals surface area (Å²) in [5.74, 6) is 1.61. The first-order valence-electron chi connectivity index (χ1n) is 23.4. The van der Waals surface area contributed by atoms with Crippen LogP contribution in [0.1, 0.15) is 39.9 Å². The van der Waals surface area contributed by atoms with E-state index in [1.54, 1.807) is 0 Å². The van der Waals surface area contributed by atoms with Gasteiger partial charge in [-0.05, 0) is 57.1 Å². The molecule has 0 saturated heterocycles. The Morgan fingerprint density at radius 3 is 1.54 bits per heavy atom. The van der Waals surface area contributed by atoms with Gasteiger partial charge in [-0.2, -0.15) is 0 Å². The van der Waals surface area contributed by atoms with Crippen LogP contribution in [0.25, 0.3) is 67.2 Å². The SMILES string of the molecule is C1=CC2c3ccccc3N(C3N=C(c4ccccc4)NC(c4ccc(-c5cccc(-c6ccccc6)c5)cc4)=N3)C2c2c1c1ccccc1n2-c1c(-c2ccccc2)cccc1-c1ccccc1. The van der Waals surface area contributed by atoms with Gasteiger partial charge in [-0.3, -0.25) is 0 Å². The van der Waals surface area contributed by atoms with Crippen molar-refractivity contribution >= 4 is 34.3 Å². The van der Waals surface area contributed by atoms with E-state index in [2.05, 4.69) is 264 Å². The van der Waals surface area contributed by atoms with Gasteiger partial charge >= 0.3 is 0 Å². The molecule has 1 N–H and O–H groups in total. The Labute approximate surface area is 396 Å². The van der Waals surface area contributed by atoms with E-state index in [1.807, 2.05) is 0 Å². The maximum Gasteiger partial charge on any atom is 0.221 e. The van der Waals surface area contributed by atoms with E-state index in [0.717, 1.165) is 45.3 Å². The predicted octanol–water partition coefficient (Wildman–Crippen LogP) is 14.8. The molecule has 0 amide bonds. The number of aliphatic imine (C=N–C) groups is 2. The van der Waals surface area contributed by atoms with Crippen LogP contribution >= 0.6 is 0 Å². The summed E-state index contributed by atoms with van der Waals surface area (Å²) in [6.45, 7) is 0. The highest BCUT2D eigenvalue weighted by Gasteiger charge is 2.47. The summed E-state index contributed by atoms with van der Waals surface area (Å²) >= 11 is 0. The number of amidine groups is 2. The molecule has 0 radical (unpaired) electrons. The number of nitrogens with one attached hydrogen (secondary N) is 1. The molecule has 13 rings (SSSR count). The van der Waals surface area contributed by atoms with E-state index in [4.69, 9.17) is 9.98 Å². The summed E-state index contributed by atoms with van der Waals surface area (Å²) in [7, 11) is 0. The minimum atomic E-state index is -0.594. The third kappa shape index (κ3) is 6.70. The van der Waals surface area contributed by atoms with Crippen LogP contribution in [-0.4, -0.2) is 22.5 Å². The molecule has 0 saturated carbocycles. The zero-order valence-corrected chi connectivity index (χ0v) is 37.2. The number of aromatic nitrogens is 1. The number of benzene rings is 9. The fourth-order valence-corrected chi connectivity index (χ4v) is 10.7. The van der Waals surface area contributed by atoms with Gasteiger partial charge in [0, 0.05) is 44.8 Å². The quantitative estimate of drug-likeness (QED) is 0.165. The van der Waals surface area contributed by atoms with E-state index in [0.29, 0.717) is 0 Å². The van der Waals surface area contributed by atoms with Crippen molar-refractivity contribution in [3.63, 3.8) is 0 Å². The molecule has 68 heavy (non-hydrogen) atoms. The van der Waals surface area contributed by atoms with E-state index < -0.39 is 6.29 Å². The Kier molecular flexibility index (Phi) is 9.64. The monoisotopic (exact) mass is 871 g/mol. The summed E-state index contributed by atoms with van der Waals surface area (Å²) in [6, 6.07) is 84.6. The lowest BCUT2D eigenvalue weighted by atomic mass is 9.85. The van der Waals surface area contributed by atoms with Gasteiger partial charge in [0.1, 0.15) is 11.7 Å². The number of nitrogens with zero attached hydrogens (tertiary/aromatic N) is 4. The molecular formula is C63H45N5. The molecular weight excluding hydrogens is 827 g/mol. The summed E-state index contributed by atoms with van der Waals surface area (Å²) in [5, 5.41) is 4.92. The van der Waals surface area contributed by atoms with Crippen LogP contribution in [0.15, 0.2) is 253 Å². The number of anilines is 1. The Morgan fingerprint density at radius 2 is 0.897 bits per heavy atom. The number of para-hydroxylation sites is 3. The summed E-state index contributed by atoms with van der Waals surface area (Å²) in [6.07, 6.45) is 4.20. The van der Waals surface area contributed by atoms with Crippen molar-refractivity contribution in [1.29, 1.82) is 0 Å². The minimum absolute atomic E-state index is 0.0423. The zero-order chi connectivity index (χ0) is 45.0. The Bertz CT molecular complexity index is 3530. The molecule has 1 aliphatic carbocycles. The van der Waals surface area contributed by atoms with Crippen LogP contribution in [0.4, 0.5) is 5.69 Å². The number of fused-ring (bicyclic) bond motifs is 7. The van der Waals surface area contributed by atoms with Gasteiger partial charge in [-0.15, -0.1) is 0 Å². The van der Waals surface area contributed by atoms with Crippen molar-refractivity contribution in [2.75, 3.05) is 4.90 Å². The maximum absolute atomic E-state index is 5.63. The first-order valence-corrected chi connectivity index (χ1v) is 23.4. The lowest BCUT2D eigenvalue weighted by molar-refractivity contribution is 0.518. The second kappa shape index (κ2) is 16.6. The first kappa shape index (κ1) is 39.6. The number of hydrogen-bond donors (Lipinski definition) is 1. The minimum Gasteiger partial charge on any atom is -0.324 e. The van der Waals surface area contributed by atoms with Crippen molar-refractivity contribution in [3.05, 3.63) is 271 Å². The molecule has 1 aromatic heterocycles. The average Bonchev–Trinajstić information content (AvgIpc) is 3.95. The van der Waals surface area contributed by atoms with Crippen molar-refractivity contribution in [2.45, 2.75) is 18.2 Å². The third-order valence-corrected chi connectivity index (χ3v) is 13.8. The van der Waals surface area contributed by atoms with Crippen molar-refractivity contribution in [1.82, 2.24) is 9.88 Å². The molecule has 9 aromatic carbocycles. The van der Waals surface area contributed by atoms with Gasteiger partial charge in [0.15, 0.2) is 0 Å². The van der Waals surface area contributed by atoms with Crippen LogP contribution in [0, 0.1) is 0 Å². The molecule has 0 spiro atoms. The summed E-state index contributed by atoms with van der Waals surface area (Å²) in [4.78, 5) is 13.7. The largest absolute Gasteiger partial charge is 0.324 e. The molecule has 10 aromatic rings. The van der Waals surface area contributed by atoms with Crippen LogP contribution < -0.4 is 10.2 Å². The molecule has 0 bridgehead atoms. The first-order chi connectivity index (χ1) is 33.7. The lowest BCUT2D eigenvalue weighted by Gasteiger charge is -2.37. The van der Waals surface area contributed by atoms with E-state index in [9.17, 15) is 0 Å². The van der Waals surface area contributed by atoms with Crippen molar-refractivity contribution in [3.8, 4) is 50.2 Å². The van der Waals surface area contributed by atoms with E-state index >= 15 is 0 Å². The van der Waals surface area contributed by atoms with Crippen LogP contribution in [0.2, 0.25) is 0 Å². The Hall–Kier alpha value is -8.80. The number of hydrogen-bond acceptors (Lipinski definition) is 4. The van der Waals surface area contributed by atoms with E-state index in [-0.39, 0.29) is 12.0 Å². The molecule has 322 valence electrons.